The molecule has 1 aromatic heterocycles. The van der Waals surface area contributed by atoms with E-state index in [1.165, 1.54) is 22.6 Å². The van der Waals surface area contributed by atoms with Crippen molar-refractivity contribution >= 4 is 23.4 Å². The summed E-state index contributed by atoms with van der Waals surface area (Å²) in [6.07, 6.45) is 0. The van der Waals surface area contributed by atoms with Crippen LogP contribution in [0, 0.1) is 19.7 Å². The van der Waals surface area contributed by atoms with Gasteiger partial charge in [-0.1, -0.05) is 29.8 Å². The lowest BCUT2D eigenvalue weighted by molar-refractivity contribution is 0.102. The molecular formula is C25H21FN2O2S. The van der Waals surface area contributed by atoms with Gasteiger partial charge in [0.1, 0.15) is 11.6 Å². The number of benzene rings is 3. The van der Waals surface area contributed by atoms with Crippen molar-refractivity contribution in [2.75, 3.05) is 5.32 Å². The fourth-order valence-electron chi connectivity index (χ4n) is 2.99. The number of anilines is 1. The number of halogens is 1. The van der Waals surface area contributed by atoms with Crippen LogP contribution in [0.1, 0.15) is 27.4 Å². The molecule has 0 aliphatic rings. The number of carbonyl (C=O) groups is 1. The number of nitrogens with zero attached hydrogens (tertiary/aromatic N) is 1. The molecular weight excluding hydrogens is 411 g/mol. The number of amides is 1. The highest BCUT2D eigenvalue weighted by molar-refractivity contribution is 7.98. The summed E-state index contributed by atoms with van der Waals surface area (Å²) >= 11 is 1.71. The summed E-state index contributed by atoms with van der Waals surface area (Å²) in [6, 6.07) is 21.3. The summed E-state index contributed by atoms with van der Waals surface area (Å²) in [6.45, 7) is 3.97. The van der Waals surface area contributed by atoms with Gasteiger partial charge in [0.15, 0.2) is 0 Å². The number of hydrogen-bond acceptors (Lipinski definition) is 4. The summed E-state index contributed by atoms with van der Waals surface area (Å²) in [5, 5.41) is 2.58. The van der Waals surface area contributed by atoms with Crippen molar-refractivity contribution in [2.24, 2.45) is 0 Å². The predicted molar refractivity (Wildman–Crippen MR) is 122 cm³/mol. The Labute approximate surface area is 184 Å². The zero-order valence-electron chi connectivity index (χ0n) is 17.2. The summed E-state index contributed by atoms with van der Waals surface area (Å²) < 4.78 is 19.6. The third-order valence-corrected chi connectivity index (χ3v) is 5.83. The molecule has 6 heteroatoms. The lowest BCUT2D eigenvalue weighted by Gasteiger charge is -2.06. The van der Waals surface area contributed by atoms with E-state index in [-0.39, 0.29) is 11.6 Å². The first-order valence-electron chi connectivity index (χ1n) is 9.82. The minimum Gasteiger partial charge on any atom is -0.441 e. The summed E-state index contributed by atoms with van der Waals surface area (Å²) in [7, 11) is 0. The molecule has 1 heterocycles. The van der Waals surface area contributed by atoms with Gasteiger partial charge >= 0.3 is 0 Å². The average Bonchev–Trinajstić information content (AvgIpc) is 3.15. The van der Waals surface area contributed by atoms with Crippen LogP contribution in [0.5, 0.6) is 0 Å². The molecule has 156 valence electrons. The average molecular weight is 433 g/mol. The Hall–Kier alpha value is -3.38. The molecule has 3 aromatic carbocycles. The molecule has 4 aromatic rings. The fraction of sp³-hybridized carbons (Fsp3) is 0.120. The maximum Gasteiger partial charge on any atom is 0.255 e. The second kappa shape index (κ2) is 9.18. The van der Waals surface area contributed by atoms with Crippen molar-refractivity contribution in [1.29, 1.82) is 0 Å². The minimum atomic E-state index is -0.473. The molecule has 1 amide bonds. The minimum absolute atomic E-state index is 0.149. The van der Waals surface area contributed by atoms with Gasteiger partial charge in [-0.3, -0.25) is 4.79 Å². The highest BCUT2D eigenvalue weighted by atomic mass is 32.2. The van der Waals surface area contributed by atoms with Crippen molar-refractivity contribution in [1.82, 2.24) is 4.98 Å². The van der Waals surface area contributed by atoms with Crippen LogP contribution in [0.4, 0.5) is 10.1 Å². The van der Waals surface area contributed by atoms with Crippen LogP contribution < -0.4 is 5.32 Å². The molecule has 0 fully saturated rings. The second-order valence-corrected chi connectivity index (χ2v) is 8.18. The van der Waals surface area contributed by atoms with E-state index in [9.17, 15) is 9.18 Å². The Kier molecular flexibility index (Phi) is 6.18. The van der Waals surface area contributed by atoms with Crippen molar-refractivity contribution < 1.29 is 13.6 Å². The molecule has 0 saturated heterocycles. The molecule has 0 unspecified atom stereocenters. The number of rotatable bonds is 6. The van der Waals surface area contributed by atoms with Crippen LogP contribution in [0.25, 0.3) is 11.5 Å². The van der Waals surface area contributed by atoms with E-state index in [1.54, 1.807) is 48.2 Å². The van der Waals surface area contributed by atoms with E-state index in [2.05, 4.69) is 41.5 Å². The van der Waals surface area contributed by atoms with Gasteiger partial charge in [-0.2, -0.15) is 0 Å². The predicted octanol–water partition coefficient (Wildman–Crippen LogP) is 6.64. The standard InChI is InChI=1S/C25H21FN2O2S/c1-16-7-13-20(14-8-16)31-15-23-17(2)30-25(28-23)19-11-9-18(10-12-19)24(29)27-22-6-4-3-5-21(22)26/h3-14H,15H2,1-2H3,(H,27,29). The van der Waals surface area contributed by atoms with Gasteiger partial charge in [0.05, 0.1) is 11.4 Å². The van der Waals surface area contributed by atoms with Crippen LogP contribution in [-0.2, 0) is 5.75 Å². The molecule has 0 aliphatic heterocycles. The summed E-state index contributed by atoms with van der Waals surface area (Å²) in [5.74, 6) is 1.14. The lowest BCUT2D eigenvalue weighted by Crippen LogP contribution is -2.12. The molecule has 0 aliphatic carbocycles. The molecule has 31 heavy (non-hydrogen) atoms. The Morgan fingerprint density at radius 2 is 1.71 bits per heavy atom. The van der Waals surface area contributed by atoms with Crippen molar-refractivity contribution in [3.05, 3.63) is 101 Å². The number of thioether (sulfide) groups is 1. The number of aryl methyl sites for hydroxylation is 2. The zero-order valence-corrected chi connectivity index (χ0v) is 18.0. The number of oxazole rings is 1. The summed E-state index contributed by atoms with van der Waals surface area (Å²) in [5.41, 5.74) is 3.47. The normalized spacial score (nSPS) is 10.8. The Balaban J connectivity index is 1.44. The number of carbonyl (C=O) groups excluding carboxylic acids is 1. The molecule has 0 atom stereocenters. The molecule has 0 spiro atoms. The molecule has 0 saturated carbocycles. The van der Waals surface area contributed by atoms with Crippen LogP contribution in [0.15, 0.2) is 82.1 Å². The van der Waals surface area contributed by atoms with Crippen molar-refractivity contribution in [3.8, 4) is 11.5 Å². The Morgan fingerprint density at radius 3 is 2.42 bits per heavy atom. The first-order chi connectivity index (χ1) is 15.0. The highest BCUT2D eigenvalue weighted by Gasteiger charge is 2.14. The van der Waals surface area contributed by atoms with Gasteiger partial charge in [-0.25, -0.2) is 9.37 Å². The van der Waals surface area contributed by atoms with Gasteiger partial charge in [0, 0.05) is 21.8 Å². The zero-order chi connectivity index (χ0) is 21.8. The van der Waals surface area contributed by atoms with E-state index in [0.717, 1.165) is 17.0 Å². The third kappa shape index (κ3) is 5.03. The van der Waals surface area contributed by atoms with Gasteiger partial charge in [0.25, 0.3) is 5.91 Å². The Morgan fingerprint density at radius 1 is 1.00 bits per heavy atom. The molecule has 1 N–H and O–H groups in total. The maximum absolute atomic E-state index is 13.7. The van der Waals surface area contributed by atoms with Gasteiger partial charge in [0.2, 0.25) is 5.89 Å². The number of nitrogens with one attached hydrogen (secondary N) is 1. The second-order valence-electron chi connectivity index (χ2n) is 7.13. The van der Waals surface area contributed by atoms with Gasteiger partial charge in [-0.05, 0) is 62.4 Å². The van der Waals surface area contributed by atoms with Crippen LogP contribution in [0.3, 0.4) is 0 Å². The van der Waals surface area contributed by atoms with Gasteiger partial charge < -0.3 is 9.73 Å². The molecule has 4 nitrogen and oxygen atoms in total. The van der Waals surface area contributed by atoms with Crippen molar-refractivity contribution in [3.63, 3.8) is 0 Å². The van der Waals surface area contributed by atoms with E-state index >= 15 is 0 Å². The Bertz CT molecular complexity index is 1200. The summed E-state index contributed by atoms with van der Waals surface area (Å²) in [4.78, 5) is 18.2. The van der Waals surface area contributed by atoms with E-state index in [0.29, 0.717) is 17.2 Å². The number of hydrogen-bond donors (Lipinski definition) is 1. The van der Waals surface area contributed by atoms with E-state index in [1.807, 2.05) is 6.92 Å². The largest absolute Gasteiger partial charge is 0.441 e. The maximum atomic E-state index is 13.7. The van der Waals surface area contributed by atoms with Crippen molar-refractivity contribution in [2.45, 2.75) is 24.5 Å². The van der Waals surface area contributed by atoms with Crippen LogP contribution in [-0.4, -0.2) is 10.9 Å². The fourth-order valence-corrected chi connectivity index (χ4v) is 3.89. The quantitative estimate of drug-likeness (QED) is 0.347. The lowest BCUT2D eigenvalue weighted by atomic mass is 10.1. The molecule has 0 radical (unpaired) electrons. The molecule has 0 bridgehead atoms. The first-order valence-corrected chi connectivity index (χ1v) is 10.8. The van der Waals surface area contributed by atoms with Gasteiger partial charge in [-0.15, -0.1) is 11.8 Å². The van der Waals surface area contributed by atoms with Crippen LogP contribution >= 0.6 is 11.8 Å². The van der Waals surface area contributed by atoms with E-state index < -0.39 is 5.82 Å². The molecule has 4 rings (SSSR count). The number of para-hydroxylation sites is 1. The highest BCUT2D eigenvalue weighted by Crippen LogP contribution is 2.28. The smallest absolute Gasteiger partial charge is 0.255 e. The third-order valence-electron chi connectivity index (χ3n) is 4.81. The van der Waals surface area contributed by atoms with E-state index in [4.69, 9.17) is 4.42 Å². The number of aromatic nitrogens is 1. The topological polar surface area (TPSA) is 55.1 Å². The monoisotopic (exact) mass is 432 g/mol. The SMILES string of the molecule is Cc1ccc(SCc2nc(-c3ccc(C(=O)Nc4ccccc4F)cc3)oc2C)cc1. The first kappa shape index (κ1) is 20.9. The van der Waals surface area contributed by atoms with Crippen LogP contribution in [0.2, 0.25) is 0 Å².